The summed E-state index contributed by atoms with van der Waals surface area (Å²) in [6.45, 7) is 9.18. The van der Waals surface area contributed by atoms with Crippen molar-refractivity contribution in [1.29, 1.82) is 0 Å². The van der Waals surface area contributed by atoms with Gasteiger partial charge in [0, 0.05) is 20.9 Å². The van der Waals surface area contributed by atoms with Gasteiger partial charge >= 0.3 is 5.97 Å². The van der Waals surface area contributed by atoms with Crippen molar-refractivity contribution in [3.8, 4) is 11.8 Å². The number of aliphatic hydroxyl groups is 1. The van der Waals surface area contributed by atoms with Gasteiger partial charge in [-0.05, 0) is 46.2 Å². The second kappa shape index (κ2) is 7.31. The minimum Gasteiger partial charge on any atom is -0.446 e. The molecule has 0 amide bonds. The Labute approximate surface area is 171 Å². The van der Waals surface area contributed by atoms with Crippen LogP contribution >= 0.6 is 11.8 Å². The third kappa shape index (κ3) is 3.83. The van der Waals surface area contributed by atoms with E-state index in [1.54, 1.807) is 25.6 Å². The van der Waals surface area contributed by atoms with Crippen LogP contribution in [0.25, 0.3) is 0 Å². The predicted octanol–water partition coefficient (Wildman–Crippen LogP) is 5.15. The highest BCUT2D eigenvalue weighted by Gasteiger charge is 2.39. The van der Waals surface area contributed by atoms with E-state index < -0.39 is 16.6 Å². The van der Waals surface area contributed by atoms with Crippen molar-refractivity contribution < 1.29 is 14.6 Å². The molecule has 2 aromatic carbocycles. The van der Waals surface area contributed by atoms with Crippen LogP contribution in [0.3, 0.4) is 0 Å². The average molecular weight is 395 g/mol. The van der Waals surface area contributed by atoms with Gasteiger partial charge in [0.2, 0.25) is 0 Å². The second-order valence-electron chi connectivity index (χ2n) is 8.19. The van der Waals surface area contributed by atoms with Gasteiger partial charge in [-0.1, -0.05) is 66.9 Å². The molecule has 3 nitrogen and oxygen atoms in total. The SMILES string of the molecule is CCC(C)(C)C(=O)OC(C)(C)C#CC1(O)c2ccccc2Sc2ccccc21. The van der Waals surface area contributed by atoms with E-state index >= 15 is 0 Å². The Morgan fingerprint density at radius 1 is 1.04 bits per heavy atom. The van der Waals surface area contributed by atoms with Crippen molar-refractivity contribution in [2.75, 3.05) is 0 Å². The summed E-state index contributed by atoms with van der Waals surface area (Å²) in [5, 5.41) is 11.7. The normalized spacial score (nSPS) is 14.9. The number of fused-ring (bicyclic) bond motifs is 2. The molecule has 0 bridgehead atoms. The average Bonchev–Trinajstić information content (AvgIpc) is 2.66. The monoisotopic (exact) mass is 394 g/mol. The zero-order valence-electron chi connectivity index (χ0n) is 17.0. The van der Waals surface area contributed by atoms with Crippen molar-refractivity contribution in [3.63, 3.8) is 0 Å². The van der Waals surface area contributed by atoms with Crippen LogP contribution in [0.5, 0.6) is 0 Å². The van der Waals surface area contributed by atoms with E-state index in [9.17, 15) is 9.90 Å². The van der Waals surface area contributed by atoms with E-state index in [1.807, 2.05) is 69.3 Å². The smallest absolute Gasteiger partial charge is 0.312 e. The van der Waals surface area contributed by atoms with Crippen LogP contribution in [-0.4, -0.2) is 16.7 Å². The number of carbonyl (C=O) groups excluding carboxylic acids is 1. The molecule has 0 aromatic heterocycles. The molecule has 1 aliphatic rings. The van der Waals surface area contributed by atoms with Gasteiger partial charge in [-0.15, -0.1) is 0 Å². The Balaban J connectivity index is 2.02. The van der Waals surface area contributed by atoms with Crippen LogP contribution in [-0.2, 0) is 15.1 Å². The van der Waals surface area contributed by atoms with Gasteiger partial charge in [0.1, 0.15) is 0 Å². The number of ether oxygens (including phenoxy) is 1. The molecule has 0 saturated heterocycles. The van der Waals surface area contributed by atoms with E-state index in [0.717, 1.165) is 20.9 Å². The Hall–Kier alpha value is -2.22. The van der Waals surface area contributed by atoms with Crippen molar-refractivity contribution >= 4 is 17.7 Å². The summed E-state index contributed by atoms with van der Waals surface area (Å²) in [6, 6.07) is 15.5. The highest BCUT2D eigenvalue weighted by atomic mass is 32.2. The lowest BCUT2D eigenvalue weighted by molar-refractivity contribution is -0.162. The lowest BCUT2D eigenvalue weighted by Crippen LogP contribution is -2.35. The molecule has 0 fully saturated rings. The fraction of sp³-hybridized carbons (Fsp3) is 0.375. The van der Waals surface area contributed by atoms with Gasteiger partial charge in [-0.2, -0.15) is 0 Å². The molecule has 3 rings (SSSR count). The lowest BCUT2D eigenvalue weighted by atomic mass is 9.85. The highest BCUT2D eigenvalue weighted by molar-refractivity contribution is 7.99. The Bertz CT molecular complexity index is 918. The van der Waals surface area contributed by atoms with Crippen LogP contribution in [0, 0.1) is 17.3 Å². The molecule has 1 heterocycles. The molecule has 4 heteroatoms. The fourth-order valence-electron chi connectivity index (χ4n) is 2.89. The third-order valence-electron chi connectivity index (χ3n) is 5.10. The maximum absolute atomic E-state index is 12.5. The summed E-state index contributed by atoms with van der Waals surface area (Å²) in [4.78, 5) is 14.4. The predicted molar refractivity (Wildman–Crippen MR) is 112 cm³/mol. The van der Waals surface area contributed by atoms with Crippen LogP contribution in [0.2, 0.25) is 0 Å². The van der Waals surface area contributed by atoms with Crippen LogP contribution in [0.15, 0.2) is 58.3 Å². The number of carbonyl (C=O) groups is 1. The van der Waals surface area contributed by atoms with Gasteiger partial charge in [0.15, 0.2) is 11.2 Å². The quantitative estimate of drug-likeness (QED) is 0.578. The Morgan fingerprint density at radius 3 is 2.04 bits per heavy atom. The molecule has 0 spiro atoms. The largest absolute Gasteiger partial charge is 0.446 e. The maximum atomic E-state index is 12.5. The molecule has 0 unspecified atom stereocenters. The molecule has 2 aromatic rings. The van der Waals surface area contributed by atoms with E-state index in [1.165, 1.54) is 0 Å². The Kier molecular flexibility index (Phi) is 5.36. The van der Waals surface area contributed by atoms with Crippen LogP contribution in [0.4, 0.5) is 0 Å². The maximum Gasteiger partial charge on any atom is 0.312 e. The number of hydrogen-bond acceptors (Lipinski definition) is 4. The second-order valence-corrected chi connectivity index (χ2v) is 9.28. The van der Waals surface area contributed by atoms with E-state index in [2.05, 4.69) is 11.8 Å². The Morgan fingerprint density at radius 2 is 1.54 bits per heavy atom. The van der Waals surface area contributed by atoms with E-state index in [-0.39, 0.29) is 5.97 Å². The van der Waals surface area contributed by atoms with Gasteiger partial charge in [0.25, 0.3) is 0 Å². The highest BCUT2D eigenvalue weighted by Crippen LogP contribution is 2.47. The van der Waals surface area contributed by atoms with Crippen LogP contribution < -0.4 is 0 Å². The molecule has 1 aliphatic heterocycles. The topological polar surface area (TPSA) is 46.5 Å². The molecule has 0 radical (unpaired) electrons. The molecule has 0 saturated carbocycles. The summed E-state index contributed by atoms with van der Waals surface area (Å²) < 4.78 is 5.68. The van der Waals surface area contributed by atoms with Gasteiger partial charge in [0.05, 0.1) is 5.41 Å². The molecule has 1 N–H and O–H groups in total. The molecule has 0 atom stereocenters. The molecule has 0 aliphatic carbocycles. The number of benzene rings is 2. The fourth-order valence-corrected chi connectivity index (χ4v) is 4.07. The van der Waals surface area contributed by atoms with Crippen molar-refractivity contribution in [2.24, 2.45) is 5.41 Å². The zero-order valence-corrected chi connectivity index (χ0v) is 17.8. The molecule has 28 heavy (non-hydrogen) atoms. The molecule has 146 valence electrons. The summed E-state index contributed by atoms with van der Waals surface area (Å²) in [6.07, 6.45) is 0.678. The first-order valence-electron chi connectivity index (χ1n) is 9.46. The first-order chi connectivity index (χ1) is 13.1. The summed E-state index contributed by atoms with van der Waals surface area (Å²) in [7, 11) is 0. The van der Waals surface area contributed by atoms with Crippen molar-refractivity contribution in [2.45, 2.75) is 62.0 Å². The number of hydrogen-bond donors (Lipinski definition) is 1. The standard InChI is InChI=1S/C24H26O3S/c1-6-22(2,3)21(25)27-23(4,5)15-16-24(26)17-11-7-9-13-19(17)28-20-14-10-8-12-18(20)24/h7-14,26H,6H2,1-5H3. The summed E-state index contributed by atoms with van der Waals surface area (Å²) >= 11 is 1.62. The number of rotatable bonds is 3. The van der Waals surface area contributed by atoms with Crippen molar-refractivity contribution in [3.05, 3.63) is 59.7 Å². The minimum absolute atomic E-state index is 0.290. The van der Waals surface area contributed by atoms with E-state index in [4.69, 9.17) is 4.74 Å². The van der Waals surface area contributed by atoms with Crippen LogP contribution in [0.1, 0.15) is 52.2 Å². The van der Waals surface area contributed by atoms with E-state index in [0.29, 0.717) is 6.42 Å². The molecular weight excluding hydrogens is 368 g/mol. The third-order valence-corrected chi connectivity index (χ3v) is 6.25. The minimum atomic E-state index is -1.46. The lowest BCUT2D eigenvalue weighted by Gasteiger charge is -2.32. The summed E-state index contributed by atoms with van der Waals surface area (Å²) in [5.41, 5.74) is -1.54. The van der Waals surface area contributed by atoms with Gasteiger partial charge < -0.3 is 9.84 Å². The summed E-state index contributed by atoms with van der Waals surface area (Å²) in [5.74, 6) is 5.78. The first kappa shape index (κ1) is 20.5. The van der Waals surface area contributed by atoms with Gasteiger partial charge in [-0.3, -0.25) is 4.79 Å². The van der Waals surface area contributed by atoms with Gasteiger partial charge in [-0.25, -0.2) is 0 Å². The molecular formula is C24H26O3S. The first-order valence-corrected chi connectivity index (χ1v) is 10.3. The van der Waals surface area contributed by atoms with Crippen molar-refractivity contribution in [1.82, 2.24) is 0 Å². The number of esters is 1. The zero-order chi connectivity index (χ0) is 20.6.